The first-order chi connectivity index (χ1) is 36.3. The minimum absolute atomic E-state index is 0.255. The summed E-state index contributed by atoms with van der Waals surface area (Å²) in [6.07, 6.45) is 15.7. The smallest absolute Gasteiger partial charge is 0.220 e. The molecule has 0 spiro atoms. The summed E-state index contributed by atoms with van der Waals surface area (Å²) in [5, 5.41) is 119. The number of nitrogens with one attached hydrogen (secondary N) is 1. The third-order valence-electron chi connectivity index (χ3n) is 14.2. The first kappa shape index (κ1) is 67.0. The molecule has 17 atom stereocenters. The highest BCUT2D eigenvalue weighted by Gasteiger charge is 2.53. The van der Waals surface area contributed by atoms with Gasteiger partial charge in [-0.25, -0.2) is 0 Å². The molecular formula is C56H99NO18. The van der Waals surface area contributed by atoms with Crippen molar-refractivity contribution in [3.63, 3.8) is 0 Å². The van der Waals surface area contributed by atoms with Crippen LogP contribution >= 0.6 is 0 Å². The first-order valence-electron chi connectivity index (χ1n) is 28.4. The maximum absolute atomic E-state index is 13.2. The van der Waals surface area contributed by atoms with E-state index >= 15 is 0 Å². The molecule has 3 saturated heterocycles. The van der Waals surface area contributed by atoms with Crippen molar-refractivity contribution in [3.05, 3.63) is 48.6 Å². The second kappa shape index (κ2) is 40.0. The van der Waals surface area contributed by atoms with Gasteiger partial charge in [0.2, 0.25) is 5.91 Å². The van der Waals surface area contributed by atoms with Crippen LogP contribution in [0.4, 0.5) is 0 Å². The maximum atomic E-state index is 13.2. The number of carbonyl (C=O) groups is 1. The molecule has 75 heavy (non-hydrogen) atoms. The van der Waals surface area contributed by atoms with Crippen molar-refractivity contribution < 1.29 is 89.4 Å². The van der Waals surface area contributed by atoms with Crippen molar-refractivity contribution in [2.75, 3.05) is 26.4 Å². The third-order valence-corrected chi connectivity index (χ3v) is 14.2. The number of hydrogen-bond acceptors (Lipinski definition) is 18. The summed E-state index contributed by atoms with van der Waals surface area (Å²) in [7, 11) is 0. The Labute approximate surface area is 446 Å². The van der Waals surface area contributed by atoms with E-state index in [9.17, 15) is 61.0 Å². The van der Waals surface area contributed by atoms with Crippen LogP contribution in [0.5, 0.6) is 0 Å². The van der Waals surface area contributed by atoms with E-state index in [1.807, 2.05) is 0 Å². The standard InChI is InChI=1S/C56H99NO18/c1-3-5-7-9-10-11-12-13-14-15-16-17-18-19-20-21-22-23-24-25-26-27-28-30-32-34-44(62)57-39(40(61)33-31-29-8-6-4-2)38-70-54-50(68)47(65)52(42(36-59)72-54)75-56-51(69)48(66)53(43(37-60)73-56)74-55-49(67)46(64)45(63)41(35-58)71-55/h5,7,10-11,13-14,16-17,39-43,45-56,58-61,63-69H,3-4,6,8-9,12,15,18-38H2,1-2H3,(H,57,62)/b7-5-,11-10-,14-13-,17-16-. The van der Waals surface area contributed by atoms with Crippen LogP contribution in [0.15, 0.2) is 48.6 Å². The maximum Gasteiger partial charge on any atom is 0.220 e. The number of aliphatic hydroxyl groups is 11. The lowest BCUT2D eigenvalue weighted by Gasteiger charge is -2.48. The number of allylic oxidation sites excluding steroid dienone is 8. The predicted molar refractivity (Wildman–Crippen MR) is 282 cm³/mol. The lowest BCUT2D eigenvalue weighted by molar-refractivity contribution is -0.379. The molecule has 3 aliphatic rings. The Balaban J connectivity index is 1.38. The van der Waals surface area contributed by atoms with Crippen LogP contribution in [0.1, 0.15) is 168 Å². The zero-order chi connectivity index (χ0) is 54.8. The van der Waals surface area contributed by atoms with Gasteiger partial charge in [-0.15, -0.1) is 0 Å². The average molecular weight is 1070 g/mol. The monoisotopic (exact) mass is 1070 g/mol. The van der Waals surface area contributed by atoms with Gasteiger partial charge in [-0.05, 0) is 51.4 Å². The highest BCUT2D eigenvalue weighted by molar-refractivity contribution is 5.76. The van der Waals surface area contributed by atoms with Gasteiger partial charge in [0.05, 0.1) is 38.6 Å². The summed E-state index contributed by atoms with van der Waals surface area (Å²) < 4.78 is 34.1. The average Bonchev–Trinajstić information content (AvgIpc) is 3.41. The van der Waals surface area contributed by atoms with Crippen LogP contribution < -0.4 is 5.32 Å². The Bertz CT molecular complexity index is 1570. The van der Waals surface area contributed by atoms with Crippen LogP contribution in [0.2, 0.25) is 0 Å². The van der Waals surface area contributed by atoms with Gasteiger partial charge in [-0.3, -0.25) is 4.79 Å². The van der Waals surface area contributed by atoms with Crippen molar-refractivity contribution in [2.45, 2.75) is 272 Å². The van der Waals surface area contributed by atoms with E-state index in [2.05, 4.69) is 67.8 Å². The zero-order valence-electron chi connectivity index (χ0n) is 45.0. The molecule has 3 aliphatic heterocycles. The van der Waals surface area contributed by atoms with Gasteiger partial charge in [0.15, 0.2) is 18.9 Å². The molecule has 12 N–H and O–H groups in total. The highest BCUT2D eigenvalue weighted by Crippen LogP contribution is 2.33. The number of unbranched alkanes of at least 4 members (excludes halogenated alkanes) is 16. The van der Waals surface area contributed by atoms with Gasteiger partial charge in [-0.1, -0.05) is 159 Å². The van der Waals surface area contributed by atoms with E-state index in [1.165, 1.54) is 51.4 Å². The number of hydrogen-bond donors (Lipinski definition) is 12. The van der Waals surface area contributed by atoms with Crippen LogP contribution in [0, 0.1) is 0 Å². The molecule has 0 aromatic heterocycles. The summed E-state index contributed by atoms with van der Waals surface area (Å²) in [4.78, 5) is 13.2. The molecule has 3 rings (SSSR count). The zero-order valence-corrected chi connectivity index (χ0v) is 45.0. The normalized spacial score (nSPS) is 31.6. The number of rotatable bonds is 40. The Hall–Kier alpha value is -2.25. The fraction of sp³-hybridized carbons (Fsp3) is 0.839. The lowest BCUT2D eigenvalue weighted by Crippen LogP contribution is -2.66. The first-order valence-corrected chi connectivity index (χ1v) is 28.4. The quantitative estimate of drug-likeness (QED) is 0.0306. The number of carbonyl (C=O) groups excluding carboxylic acids is 1. The molecule has 436 valence electrons. The van der Waals surface area contributed by atoms with Crippen LogP contribution in [0.3, 0.4) is 0 Å². The van der Waals surface area contributed by atoms with E-state index in [4.69, 9.17) is 28.4 Å². The van der Waals surface area contributed by atoms with E-state index in [1.54, 1.807) is 0 Å². The van der Waals surface area contributed by atoms with Crippen LogP contribution in [0.25, 0.3) is 0 Å². The van der Waals surface area contributed by atoms with Gasteiger partial charge in [0, 0.05) is 6.42 Å². The molecule has 0 aromatic carbocycles. The van der Waals surface area contributed by atoms with E-state index in [-0.39, 0.29) is 18.9 Å². The van der Waals surface area contributed by atoms with E-state index in [0.717, 1.165) is 83.5 Å². The van der Waals surface area contributed by atoms with Crippen molar-refractivity contribution in [1.82, 2.24) is 5.32 Å². The second-order valence-electron chi connectivity index (χ2n) is 20.4. The van der Waals surface area contributed by atoms with E-state index in [0.29, 0.717) is 12.8 Å². The molecule has 19 heteroatoms. The minimum Gasteiger partial charge on any atom is -0.394 e. The molecule has 1 amide bonds. The Morgan fingerprint density at radius 3 is 1.44 bits per heavy atom. The molecule has 19 nitrogen and oxygen atoms in total. The molecule has 0 aromatic rings. The largest absolute Gasteiger partial charge is 0.394 e. The minimum atomic E-state index is -1.97. The summed E-state index contributed by atoms with van der Waals surface area (Å²) in [6, 6.07) is -0.885. The number of ether oxygens (including phenoxy) is 6. The highest BCUT2D eigenvalue weighted by atomic mass is 16.8. The predicted octanol–water partition coefficient (Wildman–Crippen LogP) is 3.92. The summed E-state index contributed by atoms with van der Waals surface area (Å²) in [6.45, 7) is 1.54. The van der Waals surface area contributed by atoms with Crippen molar-refractivity contribution in [2.24, 2.45) is 0 Å². The molecule has 0 saturated carbocycles. The van der Waals surface area contributed by atoms with Gasteiger partial charge < -0.3 is 89.9 Å². The second-order valence-corrected chi connectivity index (χ2v) is 20.4. The van der Waals surface area contributed by atoms with Gasteiger partial charge in [0.25, 0.3) is 0 Å². The van der Waals surface area contributed by atoms with E-state index < -0.39 is 124 Å². The molecule has 17 unspecified atom stereocenters. The van der Waals surface area contributed by atoms with Gasteiger partial charge in [0.1, 0.15) is 73.2 Å². The number of amides is 1. The Kier molecular flexibility index (Phi) is 35.8. The molecule has 0 radical (unpaired) electrons. The van der Waals surface area contributed by atoms with Crippen LogP contribution in [-0.4, -0.2) is 193 Å². The van der Waals surface area contributed by atoms with Crippen LogP contribution in [-0.2, 0) is 33.2 Å². The fourth-order valence-electron chi connectivity index (χ4n) is 9.48. The fourth-order valence-corrected chi connectivity index (χ4v) is 9.48. The van der Waals surface area contributed by atoms with Crippen molar-refractivity contribution in [3.8, 4) is 0 Å². The topological polar surface area (TPSA) is 307 Å². The number of aliphatic hydroxyl groups excluding tert-OH is 11. The summed E-state index contributed by atoms with van der Waals surface area (Å²) in [5.74, 6) is -0.255. The third kappa shape index (κ3) is 24.8. The molecule has 3 fully saturated rings. The molecule has 0 bridgehead atoms. The molecular weight excluding hydrogens is 975 g/mol. The van der Waals surface area contributed by atoms with Gasteiger partial charge >= 0.3 is 0 Å². The Morgan fingerprint density at radius 1 is 0.493 bits per heavy atom. The SMILES string of the molecule is CC/C=C\C/C=C\C/C=C\C/C=C\CCCCCCCCCCCCCCC(=O)NC(COC1OC(CO)C(OC2OC(CO)C(OC3OC(CO)C(O)C(O)C3O)C(O)C2O)C(O)C1O)C(O)CCCCCCC. The van der Waals surface area contributed by atoms with Crippen molar-refractivity contribution >= 4 is 5.91 Å². The van der Waals surface area contributed by atoms with Crippen molar-refractivity contribution in [1.29, 1.82) is 0 Å². The lowest BCUT2D eigenvalue weighted by atomic mass is 9.96. The summed E-state index contributed by atoms with van der Waals surface area (Å²) in [5.41, 5.74) is 0. The molecule has 3 heterocycles. The van der Waals surface area contributed by atoms with Gasteiger partial charge in [-0.2, -0.15) is 0 Å². The Morgan fingerprint density at radius 2 is 0.920 bits per heavy atom. The summed E-state index contributed by atoms with van der Waals surface area (Å²) >= 11 is 0. The molecule has 0 aliphatic carbocycles.